The third-order valence-corrected chi connectivity index (χ3v) is 2.06. The molecule has 2 heteroatoms. The molecule has 0 aromatic heterocycles. The second-order valence-electron chi connectivity index (χ2n) is 3.03. The molecule has 13 heavy (non-hydrogen) atoms. The Bertz CT molecular complexity index is 384. The first-order chi connectivity index (χ1) is 6.15. The average Bonchev–Trinajstić information content (AvgIpc) is 2.10. The molecule has 0 saturated carbocycles. The summed E-state index contributed by atoms with van der Waals surface area (Å²) in [5, 5.41) is 8.42. The van der Waals surface area contributed by atoms with E-state index in [-0.39, 0.29) is 0 Å². The second-order valence-corrected chi connectivity index (χ2v) is 3.03. The van der Waals surface area contributed by atoms with Crippen molar-refractivity contribution in [3.63, 3.8) is 0 Å². The number of nitrogens with two attached hydrogens (primary N) is 1. The molecule has 0 aliphatic heterocycles. The van der Waals surface area contributed by atoms with Crippen molar-refractivity contribution in [1.29, 1.82) is 5.26 Å². The number of allylic oxidation sites excluding steroid dienone is 1. The van der Waals surface area contributed by atoms with E-state index in [0.717, 1.165) is 5.56 Å². The highest BCUT2D eigenvalue weighted by molar-refractivity contribution is 5.65. The van der Waals surface area contributed by atoms with Gasteiger partial charge in [0.2, 0.25) is 0 Å². The van der Waals surface area contributed by atoms with Crippen LogP contribution < -0.4 is 5.73 Å². The molecular weight excluding hydrogens is 160 g/mol. The molecule has 0 atom stereocenters. The number of rotatable bonds is 1. The van der Waals surface area contributed by atoms with Gasteiger partial charge in [0, 0.05) is 11.8 Å². The predicted octanol–water partition coefficient (Wildman–Crippen LogP) is 2.13. The standard InChI is InChI=1S/C11H12N2/c1-8-3-4-10(7-9(8)2)11(13)5-6-12/h3-5,7H,13H2,1-2H3/b11-5-. The number of nitrogens with zero attached hydrogens (tertiary/aromatic N) is 1. The van der Waals surface area contributed by atoms with Crippen LogP contribution in [-0.2, 0) is 0 Å². The highest BCUT2D eigenvalue weighted by atomic mass is 14.6. The molecule has 2 N–H and O–H groups in total. The fraction of sp³-hybridized carbons (Fsp3) is 0.182. The first-order valence-electron chi connectivity index (χ1n) is 4.08. The Labute approximate surface area is 78.3 Å². The molecule has 1 aromatic carbocycles. The van der Waals surface area contributed by atoms with Crippen LogP contribution in [0.1, 0.15) is 16.7 Å². The van der Waals surface area contributed by atoms with Crippen LogP contribution in [0.2, 0.25) is 0 Å². The summed E-state index contributed by atoms with van der Waals surface area (Å²) < 4.78 is 0. The van der Waals surface area contributed by atoms with Crippen molar-refractivity contribution in [2.24, 2.45) is 5.73 Å². The van der Waals surface area contributed by atoms with E-state index in [2.05, 4.69) is 0 Å². The van der Waals surface area contributed by atoms with Crippen molar-refractivity contribution in [1.82, 2.24) is 0 Å². The van der Waals surface area contributed by atoms with Crippen LogP contribution in [0.25, 0.3) is 5.70 Å². The summed E-state index contributed by atoms with van der Waals surface area (Å²) in [4.78, 5) is 0. The minimum atomic E-state index is 0.519. The summed E-state index contributed by atoms with van der Waals surface area (Å²) in [5.41, 5.74) is 9.51. The molecule has 2 nitrogen and oxygen atoms in total. The number of hydrogen-bond donors (Lipinski definition) is 1. The van der Waals surface area contributed by atoms with Gasteiger partial charge in [0.25, 0.3) is 0 Å². The van der Waals surface area contributed by atoms with Gasteiger partial charge in [-0.05, 0) is 36.6 Å². The molecule has 0 saturated heterocycles. The highest BCUT2D eigenvalue weighted by Gasteiger charge is 1.98. The van der Waals surface area contributed by atoms with E-state index >= 15 is 0 Å². The first-order valence-corrected chi connectivity index (χ1v) is 4.08. The van der Waals surface area contributed by atoms with Crippen LogP contribution in [0.15, 0.2) is 24.3 Å². The van der Waals surface area contributed by atoms with E-state index in [1.165, 1.54) is 17.2 Å². The summed E-state index contributed by atoms with van der Waals surface area (Å²) >= 11 is 0. The van der Waals surface area contributed by atoms with Gasteiger partial charge in [-0.25, -0.2) is 0 Å². The van der Waals surface area contributed by atoms with Crippen LogP contribution in [0.3, 0.4) is 0 Å². The number of hydrogen-bond acceptors (Lipinski definition) is 2. The van der Waals surface area contributed by atoms with Crippen LogP contribution >= 0.6 is 0 Å². The molecule has 0 aliphatic rings. The van der Waals surface area contributed by atoms with Gasteiger partial charge >= 0.3 is 0 Å². The molecular formula is C11H12N2. The van der Waals surface area contributed by atoms with Gasteiger partial charge in [0.15, 0.2) is 0 Å². The molecule has 0 spiro atoms. The molecule has 0 radical (unpaired) electrons. The van der Waals surface area contributed by atoms with Crippen molar-refractivity contribution in [3.05, 3.63) is 41.0 Å². The lowest BCUT2D eigenvalue weighted by molar-refractivity contribution is 1.32. The Morgan fingerprint density at radius 3 is 2.62 bits per heavy atom. The van der Waals surface area contributed by atoms with Gasteiger partial charge in [0.05, 0.1) is 6.07 Å². The molecule has 0 unspecified atom stereocenters. The average molecular weight is 172 g/mol. The first kappa shape index (κ1) is 9.34. The molecule has 1 aromatic rings. The van der Waals surface area contributed by atoms with E-state index in [4.69, 9.17) is 11.0 Å². The third-order valence-electron chi connectivity index (χ3n) is 2.06. The van der Waals surface area contributed by atoms with E-state index in [1.807, 2.05) is 38.1 Å². The zero-order chi connectivity index (χ0) is 9.84. The van der Waals surface area contributed by atoms with Gasteiger partial charge in [0.1, 0.15) is 0 Å². The lowest BCUT2D eigenvalue weighted by Gasteiger charge is -2.03. The summed E-state index contributed by atoms with van der Waals surface area (Å²) in [5.74, 6) is 0. The Morgan fingerprint density at radius 2 is 2.08 bits per heavy atom. The van der Waals surface area contributed by atoms with Crippen LogP contribution in [0, 0.1) is 25.2 Å². The lowest BCUT2D eigenvalue weighted by atomic mass is 10.0. The summed E-state index contributed by atoms with van der Waals surface area (Å²) in [6.07, 6.45) is 1.35. The minimum Gasteiger partial charge on any atom is -0.398 e. The third kappa shape index (κ3) is 2.09. The Balaban J connectivity index is 3.13. The SMILES string of the molecule is Cc1ccc(/C(N)=C/C#N)cc1C. The summed E-state index contributed by atoms with van der Waals surface area (Å²) in [7, 11) is 0. The quantitative estimate of drug-likeness (QED) is 0.660. The van der Waals surface area contributed by atoms with Crippen molar-refractivity contribution in [2.45, 2.75) is 13.8 Å². The zero-order valence-corrected chi connectivity index (χ0v) is 7.83. The number of aryl methyl sites for hydroxylation is 2. The zero-order valence-electron chi connectivity index (χ0n) is 7.83. The number of nitriles is 1. The molecule has 0 fully saturated rings. The summed E-state index contributed by atoms with van der Waals surface area (Å²) in [6, 6.07) is 7.82. The van der Waals surface area contributed by atoms with Gasteiger partial charge in [-0.3, -0.25) is 0 Å². The normalized spacial score (nSPS) is 11.0. The molecule has 66 valence electrons. The van der Waals surface area contributed by atoms with Gasteiger partial charge in [-0.15, -0.1) is 0 Å². The second kappa shape index (κ2) is 3.77. The fourth-order valence-corrected chi connectivity index (χ4v) is 1.07. The van der Waals surface area contributed by atoms with E-state index in [9.17, 15) is 0 Å². The monoisotopic (exact) mass is 172 g/mol. The van der Waals surface area contributed by atoms with Gasteiger partial charge < -0.3 is 5.73 Å². The van der Waals surface area contributed by atoms with E-state index < -0.39 is 0 Å². The smallest absolute Gasteiger partial charge is 0.0933 e. The maximum Gasteiger partial charge on any atom is 0.0933 e. The molecule has 0 amide bonds. The van der Waals surface area contributed by atoms with Gasteiger partial charge in [-0.2, -0.15) is 5.26 Å². The molecule has 1 rings (SSSR count). The van der Waals surface area contributed by atoms with Gasteiger partial charge in [-0.1, -0.05) is 12.1 Å². The highest BCUT2D eigenvalue weighted by Crippen LogP contribution is 2.14. The Hall–Kier alpha value is -1.75. The molecule has 0 heterocycles. The fourth-order valence-electron chi connectivity index (χ4n) is 1.07. The van der Waals surface area contributed by atoms with E-state index in [0.29, 0.717) is 5.70 Å². The minimum absolute atomic E-state index is 0.519. The molecule has 0 bridgehead atoms. The van der Waals surface area contributed by atoms with Crippen molar-refractivity contribution < 1.29 is 0 Å². The van der Waals surface area contributed by atoms with Crippen molar-refractivity contribution >= 4 is 5.70 Å². The van der Waals surface area contributed by atoms with Crippen LogP contribution in [0.5, 0.6) is 0 Å². The van der Waals surface area contributed by atoms with Crippen LogP contribution in [-0.4, -0.2) is 0 Å². The maximum absolute atomic E-state index is 8.42. The molecule has 0 aliphatic carbocycles. The lowest BCUT2D eigenvalue weighted by Crippen LogP contribution is -1.96. The van der Waals surface area contributed by atoms with Crippen molar-refractivity contribution in [3.8, 4) is 6.07 Å². The van der Waals surface area contributed by atoms with E-state index in [1.54, 1.807) is 0 Å². The topological polar surface area (TPSA) is 49.8 Å². The summed E-state index contributed by atoms with van der Waals surface area (Å²) in [6.45, 7) is 4.07. The number of benzene rings is 1. The Kier molecular flexibility index (Phi) is 2.71. The van der Waals surface area contributed by atoms with Crippen molar-refractivity contribution in [2.75, 3.05) is 0 Å². The maximum atomic E-state index is 8.42. The van der Waals surface area contributed by atoms with Crippen LogP contribution in [0.4, 0.5) is 0 Å². The largest absolute Gasteiger partial charge is 0.398 e. The predicted molar refractivity (Wildman–Crippen MR) is 53.7 cm³/mol. The Morgan fingerprint density at radius 1 is 1.38 bits per heavy atom.